The Morgan fingerprint density at radius 3 is 3.00 bits per heavy atom. The Kier molecular flexibility index (Phi) is 2.29. The third-order valence-corrected chi connectivity index (χ3v) is 2.18. The molecule has 3 N–H and O–H groups in total. The van der Waals surface area contributed by atoms with E-state index >= 15 is 0 Å². The van der Waals surface area contributed by atoms with Crippen LogP contribution in [0.25, 0.3) is 0 Å². The Bertz CT molecular complexity index is 429. The molecule has 0 unspecified atom stereocenters. The van der Waals surface area contributed by atoms with E-state index in [1.807, 2.05) is 0 Å². The number of aromatic hydroxyl groups is 1. The molecule has 0 fully saturated rings. The first-order valence-electron chi connectivity index (χ1n) is 4.53. The number of carbonyl (C=O) groups excluding carboxylic acids is 1. The third kappa shape index (κ3) is 2.07. The molecule has 1 heterocycles. The van der Waals surface area contributed by atoms with Crippen LogP contribution < -0.4 is 5.73 Å². The van der Waals surface area contributed by atoms with E-state index in [-0.39, 0.29) is 18.2 Å². The van der Waals surface area contributed by atoms with Gasteiger partial charge in [-0.05, 0) is 18.2 Å². The Labute approximate surface area is 86.8 Å². The molecular weight excluding hydrogens is 194 g/mol. The van der Waals surface area contributed by atoms with Crippen molar-refractivity contribution in [1.82, 2.24) is 4.90 Å². The number of nitrogen functional groups attached to an aromatic ring is 1. The Morgan fingerprint density at radius 2 is 2.33 bits per heavy atom. The number of phenols is 1. The van der Waals surface area contributed by atoms with Gasteiger partial charge in [-0.1, -0.05) is 0 Å². The van der Waals surface area contributed by atoms with E-state index in [1.165, 1.54) is 6.34 Å². The summed E-state index contributed by atoms with van der Waals surface area (Å²) in [6, 6.07) is 4.85. The van der Waals surface area contributed by atoms with Crippen LogP contribution in [0.2, 0.25) is 0 Å². The minimum absolute atomic E-state index is 0.168. The minimum Gasteiger partial charge on any atom is -0.508 e. The van der Waals surface area contributed by atoms with Crippen LogP contribution in [0.1, 0.15) is 5.56 Å². The zero-order valence-corrected chi connectivity index (χ0v) is 8.05. The molecule has 0 bridgehead atoms. The molecule has 1 aliphatic heterocycles. The van der Waals surface area contributed by atoms with Gasteiger partial charge in [-0.3, -0.25) is 4.79 Å². The first kappa shape index (κ1) is 9.51. The standard InChI is InChI=1S/C10H11N3O2/c11-8-1-2-9(14)7(3-8)4-13-5-10(15)12-6-13/h1-3,6,14H,4-5,11H2. The highest BCUT2D eigenvalue weighted by atomic mass is 16.3. The molecule has 1 amide bonds. The molecule has 1 aliphatic rings. The highest BCUT2D eigenvalue weighted by molar-refractivity contribution is 5.91. The average Bonchev–Trinajstić information content (AvgIpc) is 2.58. The van der Waals surface area contributed by atoms with Crippen molar-refractivity contribution in [1.29, 1.82) is 0 Å². The van der Waals surface area contributed by atoms with Crippen LogP contribution in [0.4, 0.5) is 5.69 Å². The minimum atomic E-state index is -0.168. The highest BCUT2D eigenvalue weighted by Crippen LogP contribution is 2.21. The van der Waals surface area contributed by atoms with E-state index in [4.69, 9.17) is 5.73 Å². The number of nitrogens with zero attached hydrogens (tertiary/aromatic N) is 2. The first-order chi connectivity index (χ1) is 7.15. The topological polar surface area (TPSA) is 78.9 Å². The zero-order chi connectivity index (χ0) is 10.8. The van der Waals surface area contributed by atoms with Gasteiger partial charge >= 0.3 is 0 Å². The molecule has 5 heteroatoms. The van der Waals surface area contributed by atoms with Gasteiger partial charge in [0.05, 0.1) is 6.34 Å². The maximum absolute atomic E-state index is 10.9. The maximum atomic E-state index is 10.9. The second-order valence-corrected chi connectivity index (χ2v) is 3.43. The predicted molar refractivity (Wildman–Crippen MR) is 56.4 cm³/mol. The van der Waals surface area contributed by atoms with E-state index in [2.05, 4.69) is 4.99 Å². The number of hydrogen-bond acceptors (Lipinski definition) is 4. The molecule has 0 aliphatic carbocycles. The lowest BCUT2D eigenvalue weighted by molar-refractivity contribution is -0.117. The molecule has 0 radical (unpaired) electrons. The lowest BCUT2D eigenvalue weighted by atomic mass is 10.1. The first-order valence-corrected chi connectivity index (χ1v) is 4.53. The molecule has 0 atom stereocenters. The number of aliphatic imine (C=N–C) groups is 1. The summed E-state index contributed by atoms with van der Waals surface area (Å²) in [5.41, 5.74) is 6.88. The fourth-order valence-electron chi connectivity index (χ4n) is 1.45. The molecule has 78 valence electrons. The monoisotopic (exact) mass is 205 g/mol. The Morgan fingerprint density at radius 1 is 1.53 bits per heavy atom. The van der Waals surface area contributed by atoms with Gasteiger partial charge in [0.25, 0.3) is 5.91 Å². The third-order valence-electron chi connectivity index (χ3n) is 2.18. The molecule has 0 spiro atoms. The molecule has 5 nitrogen and oxygen atoms in total. The lowest BCUT2D eigenvalue weighted by Gasteiger charge is -2.14. The molecule has 0 saturated heterocycles. The molecule has 1 aromatic carbocycles. The smallest absolute Gasteiger partial charge is 0.266 e. The van der Waals surface area contributed by atoms with Crippen molar-refractivity contribution in [2.75, 3.05) is 12.3 Å². The normalized spacial score (nSPS) is 14.9. The Hall–Kier alpha value is -2.04. The van der Waals surface area contributed by atoms with Crippen LogP contribution in [0, 0.1) is 0 Å². The summed E-state index contributed by atoms with van der Waals surface area (Å²) in [6.07, 6.45) is 1.48. The summed E-state index contributed by atoms with van der Waals surface area (Å²) in [6.45, 7) is 0.695. The van der Waals surface area contributed by atoms with Crippen molar-refractivity contribution < 1.29 is 9.90 Å². The average molecular weight is 205 g/mol. The van der Waals surface area contributed by atoms with Crippen molar-refractivity contribution in [2.45, 2.75) is 6.54 Å². The fourth-order valence-corrected chi connectivity index (χ4v) is 1.45. The molecule has 0 saturated carbocycles. The van der Waals surface area contributed by atoms with Crippen molar-refractivity contribution in [2.24, 2.45) is 4.99 Å². The number of hydrogen-bond donors (Lipinski definition) is 2. The van der Waals surface area contributed by atoms with Crippen LogP contribution in [0.5, 0.6) is 5.75 Å². The van der Waals surface area contributed by atoms with E-state index in [9.17, 15) is 9.90 Å². The van der Waals surface area contributed by atoms with Gasteiger partial charge in [0, 0.05) is 17.8 Å². The van der Waals surface area contributed by atoms with Gasteiger partial charge in [-0.2, -0.15) is 0 Å². The van der Waals surface area contributed by atoms with Gasteiger partial charge in [0.15, 0.2) is 0 Å². The van der Waals surface area contributed by atoms with Crippen LogP contribution in [-0.2, 0) is 11.3 Å². The maximum Gasteiger partial charge on any atom is 0.266 e. The lowest BCUT2D eigenvalue weighted by Crippen LogP contribution is -2.20. The van der Waals surface area contributed by atoms with Gasteiger partial charge in [0.2, 0.25) is 0 Å². The number of anilines is 1. The second kappa shape index (κ2) is 3.61. The zero-order valence-electron chi connectivity index (χ0n) is 8.05. The summed E-state index contributed by atoms with van der Waals surface area (Å²) >= 11 is 0. The molecule has 2 rings (SSSR count). The summed E-state index contributed by atoms with van der Waals surface area (Å²) in [5.74, 6) is 0.00958. The molecule has 1 aromatic rings. The van der Waals surface area contributed by atoms with E-state index in [0.717, 1.165) is 0 Å². The van der Waals surface area contributed by atoms with E-state index in [1.54, 1.807) is 23.1 Å². The van der Waals surface area contributed by atoms with E-state index in [0.29, 0.717) is 17.8 Å². The van der Waals surface area contributed by atoms with Crippen molar-refractivity contribution >= 4 is 17.9 Å². The second-order valence-electron chi connectivity index (χ2n) is 3.43. The Balaban J connectivity index is 2.14. The largest absolute Gasteiger partial charge is 0.508 e. The molecule has 15 heavy (non-hydrogen) atoms. The van der Waals surface area contributed by atoms with Crippen molar-refractivity contribution in [3.63, 3.8) is 0 Å². The van der Waals surface area contributed by atoms with Crippen LogP contribution in [-0.4, -0.2) is 28.8 Å². The van der Waals surface area contributed by atoms with Gasteiger partial charge < -0.3 is 15.7 Å². The molecule has 0 aromatic heterocycles. The van der Waals surface area contributed by atoms with E-state index < -0.39 is 0 Å². The number of amides is 1. The van der Waals surface area contributed by atoms with Gasteiger partial charge in [-0.25, -0.2) is 4.99 Å². The highest BCUT2D eigenvalue weighted by Gasteiger charge is 2.14. The number of phenolic OH excluding ortho intramolecular Hbond substituents is 1. The number of carbonyl (C=O) groups is 1. The SMILES string of the molecule is Nc1ccc(O)c(CN2C=NC(=O)C2)c1. The number of rotatable bonds is 2. The quantitative estimate of drug-likeness (QED) is 0.539. The summed E-state index contributed by atoms with van der Waals surface area (Å²) < 4.78 is 0. The summed E-state index contributed by atoms with van der Waals surface area (Å²) in [4.78, 5) is 16.2. The van der Waals surface area contributed by atoms with Crippen molar-refractivity contribution in [3.8, 4) is 5.75 Å². The fraction of sp³-hybridized carbons (Fsp3) is 0.200. The summed E-state index contributed by atoms with van der Waals surface area (Å²) in [5, 5.41) is 9.55. The predicted octanol–water partition coefficient (Wildman–Crippen LogP) is 0.345. The van der Waals surface area contributed by atoms with Crippen molar-refractivity contribution in [3.05, 3.63) is 23.8 Å². The van der Waals surface area contributed by atoms with Gasteiger partial charge in [-0.15, -0.1) is 0 Å². The summed E-state index contributed by atoms with van der Waals surface area (Å²) in [7, 11) is 0. The molecular formula is C10H11N3O2. The number of benzene rings is 1. The van der Waals surface area contributed by atoms with Crippen LogP contribution in [0.15, 0.2) is 23.2 Å². The van der Waals surface area contributed by atoms with Crippen LogP contribution >= 0.6 is 0 Å². The van der Waals surface area contributed by atoms with Gasteiger partial charge in [0.1, 0.15) is 12.3 Å². The number of nitrogens with two attached hydrogens (primary N) is 1. The van der Waals surface area contributed by atoms with Crippen LogP contribution in [0.3, 0.4) is 0 Å².